The van der Waals surface area contributed by atoms with Gasteiger partial charge in [-0.25, -0.2) is 10.9 Å². The number of ether oxygens (including phenoxy) is 3. The molecule has 176 valence electrons. The summed E-state index contributed by atoms with van der Waals surface area (Å²) in [5.74, 6) is 2.92. The zero-order valence-electron chi connectivity index (χ0n) is 19.9. The second-order valence-corrected chi connectivity index (χ2v) is 9.50. The SMILES string of the molecule is COc1ccccc1CN1CC2C(c3ccc(C)c(C)c3)NNC2c2cc3c(cc21)OCCO3. The first-order valence-electron chi connectivity index (χ1n) is 12.0. The van der Waals surface area contributed by atoms with Crippen molar-refractivity contribution < 1.29 is 14.2 Å². The van der Waals surface area contributed by atoms with Crippen LogP contribution in [0.1, 0.15) is 39.9 Å². The van der Waals surface area contributed by atoms with Gasteiger partial charge < -0.3 is 19.1 Å². The maximum atomic E-state index is 5.96. The van der Waals surface area contributed by atoms with Gasteiger partial charge in [0.25, 0.3) is 0 Å². The Kier molecular flexibility index (Phi) is 5.35. The van der Waals surface area contributed by atoms with E-state index in [1.807, 2.05) is 12.1 Å². The molecular weight excluding hydrogens is 426 g/mol. The third kappa shape index (κ3) is 3.58. The fourth-order valence-corrected chi connectivity index (χ4v) is 5.55. The molecule has 0 aromatic heterocycles. The number of methoxy groups -OCH3 is 1. The van der Waals surface area contributed by atoms with Crippen LogP contribution in [-0.4, -0.2) is 26.9 Å². The Morgan fingerprint density at radius 3 is 2.47 bits per heavy atom. The molecular formula is C28H31N3O3. The van der Waals surface area contributed by atoms with Crippen molar-refractivity contribution >= 4 is 5.69 Å². The smallest absolute Gasteiger partial charge is 0.163 e. The zero-order chi connectivity index (χ0) is 23.2. The fourth-order valence-electron chi connectivity index (χ4n) is 5.55. The molecule has 3 unspecified atom stereocenters. The summed E-state index contributed by atoms with van der Waals surface area (Å²) in [5, 5.41) is 0. The fraction of sp³-hybridized carbons (Fsp3) is 0.357. The van der Waals surface area contributed by atoms with Crippen LogP contribution in [0.3, 0.4) is 0 Å². The van der Waals surface area contributed by atoms with Crippen LogP contribution in [0.15, 0.2) is 54.6 Å². The zero-order valence-corrected chi connectivity index (χ0v) is 19.9. The van der Waals surface area contributed by atoms with Crippen molar-refractivity contribution in [3.63, 3.8) is 0 Å². The molecule has 3 atom stereocenters. The van der Waals surface area contributed by atoms with Gasteiger partial charge in [-0.2, -0.15) is 0 Å². The van der Waals surface area contributed by atoms with Gasteiger partial charge in [0.05, 0.1) is 19.2 Å². The summed E-state index contributed by atoms with van der Waals surface area (Å²) in [5.41, 5.74) is 14.8. The quantitative estimate of drug-likeness (QED) is 0.597. The van der Waals surface area contributed by atoms with Gasteiger partial charge in [0.1, 0.15) is 19.0 Å². The Morgan fingerprint density at radius 2 is 1.68 bits per heavy atom. The number of nitrogens with one attached hydrogen (secondary N) is 2. The van der Waals surface area contributed by atoms with Crippen LogP contribution in [0.2, 0.25) is 0 Å². The maximum Gasteiger partial charge on any atom is 0.163 e. The van der Waals surface area contributed by atoms with Gasteiger partial charge in [-0.3, -0.25) is 0 Å². The van der Waals surface area contributed by atoms with Crippen LogP contribution in [0.5, 0.6) is 17.2 Å². The Bertz CT molecular complexity index is 1230. The van der Waals surface area contributed by atoms with E-state index in [2.05, 4.69) is 72.1 Å². The maximum absolute atomic E-state index is 5.96. The summed E-state index contributed by atoms with van der Waals surface area (Å²) < 4.78 is 17.6. The predicted octanol–water partition coefficient (Wildman–Crippen LogP) is 4.61. The van der Waals surface area contributed by atoms with Gasteiger partial charge in [-0.05, 0) is 48.2 Å². The molecule has 0 radical (unpaired) electrons. The number of fused-ring (bicyclic) bond motifs is 4. The molecule has 34 heavy (non-hydrogen) atoms. The number of benzene rings is 3. The van der Waals surface area contributed by atoms with E-state index in [9.17, 15) is 0 Å². The van der Waals surface area contributed by atoms with Gasteiger partial charge in [0, 0.05) is 36.3 Å². The van der Waals surface area contributed by atoms with Gasteiger partial charge in [-0.15, -0.1) is 0 Å². The van der Waals surface area contributed by atoms with Crippen LogP contribution in [0, 0.1) is 19.8 Å². The van der Waals surface area contributed by atoms with Gasteiger partial charge >= 0.3 is 0 Å². The van der Waals surface area contributed by atoms with Crippen molar-refractivity contribution in [2.75, 3.05) is 31.8 Å². The monoisotopic (exact) mass is 457 g/mol. The number of hydrogen-bond acceptors (Lipinski definition) is 6. The minimum absolute atomic E-state index is 0.186. The summed E-state index contributed by atoms with van der Waals surface area (Å²) in [6.45, 7) is 7.19. The third-order valence-electron chi connectivity index (χ3n) is 7.49. The number of hydrazine groups is 1. The minimum atomic E-state index is 0.186. The Balaban J connectivity index is 1.42. The first kappa shape index (κ1) is 21.3. The second-order valence-electron chi connectivity index (χ2n) is 9.50. The van der Waals surface area contributed by atoms with E-state index in [1.54, 1.807) is 7.11 Å². The number of rotatable bonds is 4. The van der Waals surface area contributed by atoms with E-state index in [1.165, 1.54) is 33.5 Å². The van der Waals surface area contributed by atoms with E-state index in [0.29, 0.717) is 19.1 Å². The molecule has 0 amide bonds. The van der Waals surface area contributed by atoms with Gasteiger partial charge in [-0.1, -0.05) is 36.4 Å². The first-order chi connectivity index (χ1) is 16.6. The van der Waals surface area contributed by atoms with Crippen LogP contribution in [-0.2, 0) is 6.54 Å². The van der Waals surface area contributed by atoms with E-state index < -0.39 is 0 Å². The average molecular weight is 458 g/mol. The van der Waals surface area contributed by atoms with Crippen molar-refractivity contribution in [3.8, 4) is 17.2 Å². The van der Waals surface area contributed by atoms with Crippen molar-refractivity contribution in [3.05, 3.63) is 82.4 Å². The lowest BCUT2D eigenvalue weighted by atomic mass is 9.81. The van der Waals surface area contributed by atoms with Crippen LogP contribution in [0.4, 0.5) is 5.69 Å². The second kappa shape index (κ2) is 8.53. The molecule has 3 aliphatic heterocycles. The molecule has 3 aliphatic rings. The highest BCUT2D eigenvalue weighted by Crippen LogP contribution is 2.49. The lowest BCUT2D eigenvalue weighted by molar-refractivity contribution is 0.171. The Labute approximate surface area is 200 Å². The average Bonchev–Trinajstić information content (AvgIpc) is 3.29. The molecule has 2 N–H and O–H groups in total. The molecule has 3 aromatic carbocycles. The number of hydrogen-bond donors (Lipinski definition) is 2. The molecule has 6 heteroatoms. The van der Waals surface area contributed by atoms with Crippen LogP contribution >= 0.6 is 0 Å². The number of anilines is 1. The molecule has 0 bridgehead atoms. The minimum Gasteiger partial charge on any atom is -0.496 e. The van der Waals surface area contributed by atoms with Crippen LogP contribution < -0.4 is 30.0 Å². The standard InChI is InChI=1S/C28H31N3O3/c1-17-8-9-19(12-18(17)2)27-22-16-31(15-20-6-4-5-7-24(20)32-3)23-14-26-25(33-10-11-34-26)13-21(23)28(22)30-29-27/h4-9,12-14,22,27-30H,10-11,15-16H2,1-3H3. The van der Waals surface area contributed by atoms with E-state index >= 15 is 0 Å². The Morgan fingerprint density at radius 1 is 0.912 bits per heavy atom. The summed E-state index contributed by atoms with van der Waals surface area (Å²) in [6.07, 6.45) is 0. The van der Waals surface area contributed by atoms with Gasteiger partial charge in [0.15, 0.2) is 11.5 Å². The molecule has 6 rings (SSSR count). The van der Waals surface area contributed by atoms with Crippen molar-refractivity contribution in [1.82, 2.24) is 10.9 Å². The topological polar surface area (TPSA) is 55.0 Å². The molecule has 0 saturated carbocycles. The van der Waals surface area contributed by atoms with Crippen molar-refractivity contribution in [2.45, 2.75) is 32.5 Å². The first-order valence-corrected chi connectivity index (χ1v) is 12.0. The van der Waals surface area contributed by atoms with Crippen LogP contribution in [0.25, 0.3) is 0 Å². The predicted molar refractivity (Wildman–Crippen MR) is 133 cm³/mol. The molecule has 6 nitrogen and oxygen atoms in total. The summed E-state index contributed by atoms with van der Waals surface area (Å²) in [6, 6.07) is 19.8. The molecule has 1 fully saturated rings. The van der Waals surface area contributed by atoms with E-state index in [0.717, 1.165) is 30.3 Å². The Hall–Kier alpha value is -3.22. The van der Waals surface area contributed by atoms with Crippen molar-refractivity contribution in [1.29, 1.82) is 0 Å². The third-order valence-corrected chi connectivity index (χ3v) is 7.49. The van der Waals surface area contributed by atoms with E-state index in [4.69, 9.17) is 14.2 Å². The molecule has 1 saturated heterocycles. The highest BCUT2D eigenvalue weighted by molar-refractivity contribution is 5.66. The summed E-state index contributed by atoms with van der Waals surface area (Å²) >= 11 is 0. The lowest BCUT2D eigenvalue weighted by Gasteiger charge is -2.40. The van der Waals surface area contributed by atoms with Gasteiger partial charge in [0.2, 0.25) is 0 Å². The molecule has 3 heterocycles. The summed E-state index contributed by atoms with van der Waals surface area (Å²) in [7, 11) is 1.74. The highest BCUT2D eigenvalue weighted by atomic mass is 16.6. The summed E-state index contributed by atoms with van der Waals surface area (Å²) in [4.78, 5) is 2.47. The molecule has 3 aromatic rings. The highest BCUT2D eigenvalue weighted by Gasteiger charge is 2.44. The molecule has 0 spiro atoms. The molecule has 0 aliphatic carbocycles. The lowest BCUT2D eigenvalue weighted by Crippen LogP contribution is -2.39. The number of aryl methyl sites for hydroxylation is 2. The largest absolute Gasteiger partial charge is 0.496 e. The van der Waals surface area contributed by atoms with Crippen molar-refractivity contribution in [2.24, 2.45) is 5.92 Å². The normalized spacial score (nSPS) is 22.8. The number of para-hydroxylation sites is 1. The number of nitrogens with zero attached hydrogens (tertiary/aromatic N) is 1. The van der Waals surface area contributed by atoms with E-state index in [-0.39, 0.29) is 12.1 Å².